The first-order valence-corrected chi connectivity index (χ1v) is 5.57. The fourth-order valence-corrected chi connectivity index (χ4v) is 2.31. The number of alkyl halides is 3. The van der Waals surface area contributed by atoms with E-state index in [-0.39, 0.29) is 0 Å². The molecule has 16 heavy (non-hydrogen) atoms. The topological polar surface area (TPSA) is 0 Å². The van der Waals surface area contributed by atoms with Crippen molar-refractivity contribution >= 4 is 11.3 Å². The molecule has 0 saturated carbocycles. The summed E-state index contributed by atoms with van der Waals surface area (Å²) in [4.78, 5) is 0.992. The third-order valence-corrected chi connectivity index (χ3v) is 3.32. The van der Waals surface area contributed by atoms with Gasteiger partial charge in [0.25, 0.3) is 0 Å². The van der Waals surface area contributed by atoms with E-state index in [0.29, 0.717) is 0 Å². The Balaban J connectivity index is 2.33. The zero-order valence-corrected chi connectivity index (χ0v) is 9.32. The van der Waals surface area contributed by atoms with Crippen molar-refractivity contribution in [2.24, 2.45) is 0 Å². The largest absolute Gasteiger partial charge is 0.416 e. The van der Waals surface area contributed by atoms with Crippen molar-refractivity contribution in [2.75, 3.05) is 0 Å². The summed E-state index contributed by atoms with van der Waals surface area (Å²) in [5, 5.41) is 1.98. The lowest BCUT2D eigenvalue weighted by atomic mass is 10.1. The van der Waals surface area contributed by atoms with Gasteiger partial charge in [-0.1, -0.05) is 12.1 Å². The van der Waals surface area contributed by atoms with Crippen molar-refractivity contribution < 1.29 is 13.2 Å². The SMILES string of the molecule is Cc1csc(-c2ccc(C(F)(F)F)cc2)c1. The standard InChI is InChI=1S/C12H9F3S/c1-8-6-11(16-7-8)9-2-4-10(5-3-9)12(13,14)15/h2-7H,1H3. The van der Waals surface area contributed by atoms with E-state index in [2.05, 4.69) is 0 Å². The summed E-state index contributed by atoms with van der Waals surface area (Å²) < 4.78 is 37.0. The van der Waals surface area contributed by atoms with Gasteiger partial charge in [0.1, 0.15) is 0 Å². The molecule has 0 N–H and O–H groups in total. The summed E-state index contributed by atoms with van der Waals surface area (Å²) in [5.74, 6) is 0. The van der Waals surface area contributed by atoms with Gasteiger partial charge in [0.15, 0.2) is 0 Å². The molecular formula is C12H9F3S. The first-order valence-electron chi connectivity index (χ1n) is 4.69. The lowest BCUT2D eigenvalue weighted by molar-refractivity contribution is -0.137. The number of hydrogen-bond donors (Lipinski definition) is 0. The lowest BCUT2D eigenvalue weighted by Crippen LogP contribution is -2.03. The minimum Gasteiger partial charge on any atom is -0.166 e. The number of aryl methyl sites for hydroxylation is 1. The normalized spacial score (nSPS) is 11.8. The lowest BCUT2D eigenvalue weighted by Gasteiger charge is -2.06. The van der Waals surface area contributed by atoms with Crippen LogP contribution in [0, 0.1) is 6.92 Å². The van der Waals surface area contributed by atoms with E-state index in [4.69, 9.17) is 0 Å². The highest BCUT2D eigenvalue weighted by Gasteiger charge is 2.29. The fraction of sp³-hybridized carbons (Fsp3) is 0.167. The van der Waals surface area contributed by atoms with Crippen LogP contribution in [0.1, 0.15) is 11.1 Å². The quantitative estimate of drug-likeness (QED) is 0.677. The predicted molar refractivity (Wildman–Crippen MR) is 59.5 cm³/mol. The molecule has 0 atom stereocenters. The third-order valence-electron chi connectivity index (χ3n) is 2.23. The van der Waals surface area contributed by atoms with Gasteiger partial charge in [-0.3, -0.25) is 0 Å². The van der Waals surface area contributed by atoms with Crippen LogP contribution in [0.3, 0.4) is 0 Å². The summed E-state index contributed by atoms with van der Waals surface area (Å²) >= 11 is 1.53. The second kappa shape index (κ2) is 3.94. The number of rotatable bonds is 1. The van der Waals surface area contributed by atoms with Crippen LogP contribution in [-0.2, 0) is 6.18 Å². The van der Waals surface area contributed by atoms with Gasteiger partial charge in [-0.25, -0.2) is 0 Å². The molecule has 2 aromatic rings. The molecule has 0 bridgehead atoms. The van der Waals surface area contributed by atoms with Gasteiger partial charge in [-0.05, 0) is 41.6 Å². The van der Waals surface area contributed by atoms with Crippen molar-refractivity contribution in [3.05, 3.63) is 46.8 Å². The molecule has 0 unspecified atom stereocenters. The molecule has 0 radical (unpaired) electrons. The Morgan fingerprint density at radius 2 is 1.69 bits per heavy atom. The molecule has 0 aliphatic rings. The highest BCUT2D eigenvalue weighted by Crippen LogP contribution is 2.32. The van der Waals surface area contributed by atoms with Gasteiger partial charge in [-0.15, -0.1) is 11.3 Å². The minimum atomic E-state index is -4.26. The summed E-state index contributed by atoms with van der Waals surface area (Å²) in [7, 11) is 0. The summed E-state index contributed by atoms with van der Waals surface area (Å²) in [5.41, 5.74) is 1.34. The van der Waals surface area contributed by atoms with Crippen LogP contribution in [0.4, 0.5) is 13.2 Å². The average Bonchev–Trinajstić information content (AvgIpc) is 2.64. The van der Waals surface area contributed by atoms with Gasteiger partial charge in [0, 0.05) is 4.88 Å². The number of benzene rings is 1. The van der Waals surface area contributed by atoms with Crippen molar-refractivity contribution in [1.29, 1.82) is 0 Å². The van der Waals surface area contributed by atoms with E-state index in [1.165, 1.54) is 23.5 Å². The highest BCUT2D eigenvalue weighted by molar-refractivity contribution is 7.13. The Morgan fingerprint density at radius 3 is 2.12 bits per heavy atom. The number of thiophene rings is 1. The second-order valence-corrected chi connectivity index (χ2v) is 4.47. The van der Waals surface area contributed by atoms with Crippen LogP contribution in [0.2, 0.25) is 0 Å². The van der Waals surface area contributed by atoms with Gasteiger partial charge in [0.05, 0.1) is 5.56 Å². The molecule has 1 aromatic carbocycles. The van der Waals surface area contributed by atoms with E-state index < -0.39 is 11.7 Å². The first kappa shape index (κ1) is 11.2. The van der Waals surface area contributed by atoms with E-state index in [1.807, 2.05) is 18.4 Å². The maximum absolute atomic E-state index is 12.3. The molecule has 0 saturated heterocycles. The van der Waals surface area contributed by atoms with Gasteiger partial charge in [0.2, 0.25) is 0 Å². The summed E-state index contributed by atoms with van der Waals surface area (Å²) in [6.45, 7) is 1.96. The molecule has 4 heteroatoms. The van der Waals surface area contributed by atoms with E-state index in [0.717, 1.165) is 28.1 Å². The molecule has 1 aromatic heterocycles. The molecule has 0 aliphatic carbocycles. The molecule has 1 heterocycles. The molecule has 0 fully saturated rings. The van der Waals surface area contributed by atoms with Crippen LogP contribution in [-0.4, -0.2) is 0 Å². The summed E-state index contributed by atoms with van der Waals surface area (Å²) in [6.07, 6.45) is -4.26. The van der Waals surface area contributed by atoms with Crippen molar-refractivity contribution in [1.82, 2.24) is 0 Å². The van der Waals surface area contributed by atoms with Crippen LogP contribution >= 0.6 is 11.3 Å². The zero-order valence-electron chi connectivity index (χ0n) is 8.51. The number of halogens is 3. The third kappa shape index (κ3) is 2.27. The van der Waals surface area contributed by atoms with Gasteiger partial charge in [-0.2, -0.15) is 13.2 Å². The van der Waals surface area contributed by atoms with Crippen LogP contribution in [0.15, 0.2) is 35.7 Å². The smallest absolute Gasteiger partial charge is 0.166 e. The molecule has 0 amide bonds. The van der Waals surface area contributed by atoms with Crippen LogP contribution in [0.5, 0.6) is 0 Å². The Kier molecular flexibility index (Phi) is 2.76. The molecular weight excluding hydrogens is 233 g/mol. The van der Waals surface area contributed by atoms with Crippen LogP contribution in [0.25, 0.3) is 10.4 Å². The van der Waals surface area contributed by atoms with Crippen molar-refractivity contribution in [3.8, 4) is 10.4 Å². The molecule has 0 aliphatic heterocycles. The fourth-order valence-electron chi connectivity index (χ4n) is 1.41. The Morgan fingerprint density at radius 1 is 1.06 bits per heavy atom. The van der Waals surface area contributed by atoms with Gasteiger partial charge >= 0.3 is 6.18 Å². The number of hydrogen-bond acceptors (Lipinski definition) is 1. The maximum Gasteiger partial charge on any atom is 0.416 e. The molecule has 2 rings (SSSR count). The first-order chi connectivity index (χ1) is 7.47. The minimum absolute atomic E-state index is 0.607. The Bertz CT molecular complexity index is 480. The average molecular weight is 242 g/mol. The van der Waals surface area contributed by atoms with E-state index >= 15 is 0 Å². The van der Waals surface area contributed by atoms with Gasteiger partial charge < -0.3 is 0 Å². The molecule has 84 valence electrons. The zero-order chi connectivity index (χ0) is 11.8. The maximum atomic E-state index is 12.3. The van der Waals surface area contributed by atoms with Crippen LogP contribution < -0.4 is 0 Å². The van der Waals surface area contributed by atoms with E-state index in [9.17, 15) is 13.2 Å². The Hall–Kier alpha value is -1.29. The van der Waals surface area contributed by atoms with E-state index in [1.54, 1.807) is 0 Å². The second-order valence-electron chi connectivity index (χ2n) is 3.56. The van der Waals surface area contributed by atoms with Crippen molar-refractivity contribution in [2.45, 2.75) is 13.1 Å². The van der Waals surface area contributed by atoms with Crippen molar-refractivity contribution in [3.63, 3.8) is 0 Å². The summed E-state index contributed by atoms with van der Waals surface area (Å²) in [6, 6.07) is 7.21. The molecule has 0 nitrogen and oxygen atoms in total. The molecule has 0 spiro atoms. The Labute approximate surface area is 95.4 Å². The monoisotopic (exact) mass is 242 g/mol. The highest BCUT2D eigenvalue weighted by atomic mass is 32.1. The predicted octanol–water partition coefficient (Wildman–Crippen LogP) is 4.74.